The summed E-state index contributed by atoms with van der Waals surface area (Å²) in [6, 6.07) is 12.6. The largest absolute Gasteiger partial charge is 0.372 e. The summed E-state index contributed by atoms with van der Waals surface area (Å²) in [5, 5.41) is 3.20. The number of hydrogen-bond donors (Lipinski definition) is 0. The highest BCUT2D eigenvalue weighted by Crippen LogP contribution is 2.35. The first-order valence-electron chi connectivity index (χ1n) is 8.49. The quantitative estimate of drug-likeness (QED) is 0.497. The highest BCUT2D eigenvalue weighted by Gasteiger charge is 2.18. The normalized spacial score (nSPS) is 11.6. The van der Waals surface area contributed by atoms with Gasteiger partial charge in [-0.3, -0.25) is 9.78 Å². The van der Waals surface area contributed by atoms with Crippen molar-refractivity contribution in [1.82, 2.24) is 4.98 Å². The van der Waals surface area contributed by atoms with Crippen LogP contribution < -0.4 is 4.90 Å². The predicted octanol–water partition coefficient (Wildman–Crippen LogP) is 5.07. The average molecular weight is 320 g/mol. The minimum Gasteiger partial charge on any atom is -0.372 e. The Balaban J connectivity index is 2.43. The van der Waals surface area contributed by atoms with E-state index < -0.39 is 0 Å². The van der Waals surface area contributed by atoms with Gasteiger partial charge in [0.25, 0.3) is 0 Å². The Morgan fingerprint density at radius 3 is 2.29 bits per heavy atom. The third kappa shape index (κ3) is 2.64. The topological polar surface area (TPSA) is 33.2 Å². The first kappa shape index (κ1) is 16.4. The van der Waals surface area contributed by atoms with E-state index in [9.17, 15) is 4.79 Å². The lowest BCUT2D eigenvalue weighted by Crippen LogP contribution is -2.25. The molecule has 0 saturated carbocycles. The van der Waals surface area contributed by atoms with Crippen LogP contribution in [0, 0.1) is 5.92 Å². The second-order valence-corrected chi connectivity index (χ2v) is 6.92. The molecule has 0 unspecified atom stereocenters. The molecule has 1 heterocycles. The number of Topliss-reactive ketones (excluding diaryl/α,β-unsaturated/α-hetero) is 1. The Hall–Kier alpha value is -2.42. The van der Waals surface area contributed by atoms with Crippen molar-refractivity contribution in [2.24, 2.45) is 5.92 Å². The van der Waals surface area contributed by atoms with Crippen LogP contribution in [0.1, 0.15) is 38.1 Å². The van der Waals surface area contributed by atoms with Gasteiger partial charge in [-0.15, -0.1) is 0 Å². The molecule has 0 fully saturated rings. The van der Waals surface area contributed by atoms with Crippen molar-refractivity contribution < 1.29 is 4.79 Å². The van der Waals surface area contributed by atoms with Gasteiger partial charge in [-0.25, -0.2) is 0 Å². The van der Waals surface area contributed by atoms with Gasteiger partial charge in [0.05, 0.1) is 5.52 Å². The Labute approximate surface area is 143 Å². The van der Waals surface area contributed by atoms with Crippen LogP contribution in [-0.2, 0) is 0 Å². The average Bonchev–Trinajstić information content (AvgIpc) is 2.59. The summed E-state index contributed by atoms with van der Waals surface area (Å²) in [6.45, 7) is 8.22. The zero-order chi connectivity index (χ0) is 17.4. The lowest BCUT2D eigenvalue weighted by molar-refractivity contribution is 0.0941. The third-order valence-corrected chi connectivity index (χ3v) is 4.67. The van der Waals surface area contributed by atoms with Crippen LogP contribution in [-0.4, -0.2) is 23.9 Å². The molecule has 2 aromatic carbocycles. The standard InChI is InChI=1S/C21H24N2O/c1-13(2)21(24)17-10-11-22-20-16-9-7-6-8-15(16)19(12-18(17)20)23(5)14(3)4/h6-14H,1-5H3. The summed E-state index contributed by atoms with van der Waals surface area (Å²) in [4.78, 5) is 19.5. The van der Waals surface area contributed by atoms with E-state index in [-0.39, 0.29) is 11.7 Å². The Kier molecular flexibility index (Phi) is 4.27. The molecule has 0 saturated heterocycles. The molecule has 3 nitrogen and oxygen atoms in total. The Bertz CT molecular complexity index is 912. The summed E-state index contributed by atoms with van der Waals surface area (Å²) in [5.74, 6) is 0.129. The van der Waals surface area contributed by atoms with Crippen molar-refractivity contribution in [2.45, 2.75) is 33.7 Å². The highest BCUT2D eigenvalue weighted by atomic mass is 16.1. The molecule has 0 aliphatic heterocycles. The van der Waals surface area contributed by atoms with Crippen molar-refractivity contribution in [1.29, 1.82) is 0 Å². The van der Waals surface area contributed by atoms with Crippen LogP contribution in [0.5, 0.6) is 0 Å². The molecule has 0 bridgehead atoms. The van der Waals surface area contributed by atoms with Crippen LogP contribution in [0.2, 0.25) is 0 Å². The number of nitrogens with zero attached hydrogens (tertiary/aromatic N) is 2. The number of aromatic nitrogens is 1. The van der Waals surface area contributed by atoms with E-state index in [0.717, 1.165) is 27.5 Å². The van der Waals surface area contributed by atoms with E-state index in [4.69, 9.17) is 0 Å². The molecule has 0 N–H and O–H groups in total. The molecule has 0 atom stereocenters. The van der Waals surface area contributed by atoms with E-state index in [1.807, 2.05) is 26.0 Å². The Morgan fingerprint density at radius 2 is 1.67 bits per heavy atom. The number of rotatable bonds is 4. The van der Waals surface area contributed by atoms with Gasteiger partial charge in [0.15, 0.2) is 5.78 Å². The van der Waals surface area contributed by atoms with Gasteiger partial charge in [0, 0.05) is 52.6 Å². The number of carbonyl (C=O) groups excluding carboxylic acids is 1. The first-order valence-corrected chi connectivity index (χ1v) is 8.49. The van der Waals surface area contributed by atoms with Gasteiger partial charge >= 0.3 is 0 Å². The van der Waals surface area contributed by atoms with Gasteiger partial charge in [-0.1, -0.05) is 38.1 Å². The summed E-state index contributed by atoms with van der Waals surface area (Å²) >= 11 is 0. The van der Waals surface area contributed by atoms with Crippen LogP contribution in [0.15, 0.2) is 42.6 Å². The minimum atomic E-state index is -0.0339. The maximum absolute atomic E-state index is 12.7. The van der Waals surface area contributed by atoms with Gasteiger partial charge < -0.3 is 4.90 Å². The maximum atomic E-state index is 12.7. The molecule has 0 spiro atoms. The number of carbonyl (C=O) groups is 1. The molecule has 24 heavy (non-hydrogen) atoms. The molecule has 3 heteroatoms. The van der Waals surface area contributed by atoms with E-state index in [1.54, 1.807) is 6.20 Å². The molecular weight excluding hydrogens is 296 g/mol. The predicted molar refractivity (Wildman–Crippen MR) is 102 cm³/mol. The smallest absolute Gasteiger partial charge is 0.166 e. The van der Waals surface area contributed by atoms with Crippen molar-refractivity contribution >= 4 is 33.1 Å². The fourth-order valence-electron chi connectivity index (χ4n) is 3.06. The fraction of sp³-hybridized carbons (Fsp3) is 0.333. The number of benzene rings is 2. The fourth-order valence-corrected chi connectivity index (χ4v) is 3.06. The van der Waals surface area contributed by atoms with E-state index in [1.165, 1.54) is 5.39 Å². The number of hydrogen-bond acceptors (Lipinski definition) is 3. The molecular formula is C21H24N2O. The number of ketones is 1. The zero-order valence-electron chi connectivity index (χ0n) is 15.0. The second kappa shape index (κ2) is 6.23. The number of pyridine rings is 1. The second-order valence-electron chi connectivity index (χ2n) is 6.92. The zero-order valence-corrected chi connectivity index (χ0v) is 15.0. The molecule has 0 radical (unpaired) electrons. The van der Waals surface area contributed by atoms with Crippen molar-refractivity contribution in [3.05, 3.63) is 48.2 Å². The lowest BCUT2D eigenvalue weighted by atomic mass is 9.94. The summed E-state index contributed by atoms with van der Waals surface area (Å²) in [5.41, 5.74) is 2.80. The van der Waals surface area contributed by atoms with Crippen molar-refractivity contribution in [3.8, 4) is 0 Å². The molecule has 1 aromatic heterocycles. The van der Waals surface area contributed by atoms with E-state index in [2.05, 4.69) is 55.0 Å². The number of anilines is 1. The van der Waals surface area contributed by atoms with Gasteiger partial charge in [0.1, 0.15) is 0 Å². The maximum Gasteiger partial charge on any atom is 0.166 e. The summed E-state index contributed by atoms with van der Waals surface area (Å²) < 4.78 is 0. The monoisotopic (exact) mass is 320 g/mol. The van der Waals surface area contributed by atoms with Crippen LogP contribution in [0.3, 0.4) is 0 Å². The molecule has 3 rings (SSSR count). The lowest BCUT2D eigenvalue weighted by Gasteiger charge is -2.26. The van der Waals surface area contributed by atoms with Crippen LogP contribution in [0.25, 0.3) is 21.7 Å². The van der Waals surface area contributed by atoms with Crippen LogP contribution >= 0.6 is 0 Å². The van der Waals surface area contributed by atoms with Crippen molar-refractivity contribution in [3.63, 3.8) is 0 Å². The number of fused-ring (bicyclic) bond motifs is 3. The molecule has 0 aliphatic rings. The SMILES string of the molecule is CC(C)C(=O)c1ccnc2c1cc(N(C)C(C)C)c1ccccc12. The van der Waals surface area contributed by atoms with Crippen LogP contribution in [0.4, 0.5) is 5.69 Å². The molecule has 0 amide bonds. The van der Waals surface area contributed by atoms with E-state index in [0.29, 0.717) is 6.04 Å². The van der Waals surface area contributed by atoms with Gasteiger partial charge in [-0.05, 0) is 26.0 Å². The molecule has 3 aromatic rings. The molecule has 0 aliphatic carbocycles. The van der Waals surface area contributed by atoms with Crippen molar-refractivity contribution in [2.75, 3.05) is 11.9 Å². The van der Waals surface area contributed by atoms with Gasteiger partial charge in [-0.2, -0.15) is 0 Å². The first-order chi connectivity index (χ1) is 11.4. The summed E-state index contributed by atoms with van der Waals surface area (Å²) in [7, 11) is 2.10. The molecule has 124 valence electrons. The third-order valence-electron chi connectivity index (χ3n) is 4.67. The summed E-state index contributed by atoms with van der Waals surface area (Å²) in [6.07, 6.45) is 1.75. The van der Waals surface area contributed by atoms with Gasteiger partial charge in [0.2, 0.25) is 0 Å². The van der Waals surface area contributed by atoms with E-state index >= 15 is 0 Å². The highest BCUT2D eigenvalue weighted by molar-refractivity contribution is 6.17. The Morgan fingerprint density at radius 1 is 1.00 bits per heavy atom. The minimum absolute atomic E-state index is 0.0339.